The van der Waals surface area contributed by atoms with Crippen molar-refractivity contribution in [1.82, 2.24) is 9.97 Å². The Balaban J connectivity index is 2.24. The van der Waals surface area contributed by atoms with Crippen LogP contribution in [-0.4, -0.2) is 35.3 Å². The van der Waals surface area contributed by atoms with E-state index < -0.39 is 23.0 Å². The van der Waals surface area contributed by atoms with E-state index in [0.717, 1.165) is 0 Å². The first-order valence-corrected chi connectivity index (χ1v) is 8.54. The van der Waals surface area contributed by atoms with Gasteiger partial charge in [-0.1, -0.05) is 0 Å². The molecular formula is C20H20N2O6. The zero-order chi connectivity index (χ0) is 20.4. The summed E-state index contributed by atoms with van der Waals surface area (Å²) < 4.78 is 9.88. The summed E-state index contributed by atoms with van der Waals surface area (Å²) in [7, 11) is 2.74. The van der Waals surface area contributed by atoms with Crippen LogP contribution in [0.25, 0.3) is 10.9 Å². The quantitative estimate of drug-likeness (QED) is 0.578. The van der Waals surface area contributed by atoms with Gasteiger partial charge in [0.2, 0.25) is 0 Å². The molecule has 0 radical (unpaired) electrons. The van der Waals surface area contributed by atoms with Crippen molar-refractivity contribution in [1.29, 1.82) is 0 Å². The lowest BCUT2D eigenvalue weighted by molar-refractivity contribution is -0.140. The van der Waals surface area contributed by atoms with Gasteiger partial charge < -0.3 is 24.5 Å². The Morgan fingerprint density at radius 2 is 1.86 bits per heavy atom. The molecule has 0 fully saturated rings. The maximum atomic E-state index is 12.8. The second-order valence-corrected chi connectivity index (χ2v) is 6.42. The number of aromatic amines is 2. The highest BCUT2D eigenvalue weighted by Crippen LogP contribution is 2.31. The van der Waals surface area contributed by atoms with Gasteiger partial charge in [0.15, 0.2) is 0 Å². The summed E-state index contributed by atoms with van der Waals surface area (Å²) in [4.78, 5) is 42.6. The van der Waals surface area contributed by atoms with E-state index in [2.05, 4.69) is 9.97 Å². The van der Waals surface area contributed by atoms with Crippen molar-refractivity contribution in [2.45, 2.75) is 19.3 Å². The number of carbonyl (C=O) groups is 1. The number of esters is 1. The number of pyridine rings is 2. The lowest BCUT2D eigenvalue weighted by Crippen LogP contribution is -2.25. The van der Waals surface area contributed by atoms with Gasteiger partial charge in [0.05, 0.1) is 31.7 Å². The summed E-state index contributed by atoms with van der Waals surface area (Å²) in [5.41, 5.74) is 0.0753. The Morgan fingerprint density at radius 3 is 2.50 bits per heavy atom. The van der Waals surface area contributed by atoms with E-state index >= 15 is 0 Å². The molecule has 1 atom stereocenters. The Kier molecular flexibility index (Phi) is 5.21. The molecule has 3 rings (SSSR count). The van der Waals surface area contributed by atoms with Gasteiger partial charge >= 0.3 is 5.97 Å². The fourth-order valence-electron chi connectivity index (χ4n) is 3.22. The highest BCUT2D eigenvalue weighted by molar-refractivity contribution is 5.81. The van der Waals surface area contributed by atoms with Gasteiger partial charge in [-0.3, -0.25) is 14.4 Å². The first-order chi connectivity index (χ1) is 13.3. The molecule has 0 aliphatic carbocycles. The van der Waals surface area contributed by atoms with E-state index in [1.54, 1.807) is 31.2 Å². The molecule has 8 heteroatoms. The monoisotopic (exact) mass is 384 g/mol. The van der Waals surface area contributed by atoms with E-state index in [9.17, 15) is 19.5 Å². The summed E-state index contributed by atoms with van der Waals surface area (Å²) in [6.07, 6.45) is -0.277. The molecule has 146 valence electrons. The number of H-pyrrole nitrogens is 2. The summed E-state index contributed by atoms with van der Waals surface area (Å²) in [6.45, 7) is 1.62. The van der Waals surface area contributed by atoms with Gasteiger partial charge in [-0.2, -0.15) is 0 Å². The van der Waals surface area contributed by atoms with Crippen LogP contribution < -0.4 is 15.9 Å². The minimum absolute atomic E-state index is 0.0608. The van der Waals surface area contributed by atoms with Crippen molar-refractivity contribution in [2.75, 3.05) is 14.2 Å². The zero-order valence-corrected chi connectivity index (χ0v) is 15.7. The molecular weight excluding hydrogens is 364 g/mol. The maximum absolute atomic E-state index is 12.8. The number of hydrogen-bond donors (Lipinski definition) is 3. The number of benzene rings is 1. The van der Waals surface area contributed by atoms with Gasteiger partial charge in [0, 0.05) is 23.2 Å². The van der Waals surface area contributed by atoms with Crippen LogP contribution in [0.1, 0.15) is 29.2 Å². The zero-order valence-electron chi connectivity index (χ0n) is 15.7. The number of methoxy groups -OCH3 is 2. The third kappa shape index (κ3) is 3.62. The smallest absolute Gasteiger partial charge is 0.306 e. The summed E-state index contributed by atoms with van der Waals surface area (Å²) in [5.74, 6) is -1.30. The maximum Gasteiger partial charge on any atom is 0.306 e. The highest BCUT2D eigenvalue weighted by Gasteiger charge is 2.27. The largest absolute Gasteiger partial charge is 0.507 e. The SMILES string of the molecule is COC(=O)C[C@H](c1cc2ccc(OC)cc2[nH]c1=O)c1c(O)cc(C)[nH]c1=O. The predicted molar refractivity (Wildman–Crippen MR) is 103 cm³/mol. The Labute approximate surface area is 159 Å². The van der Waals surface area contributed by atoms with E-state index in [1.165, 1.54) is 20.3 Å². The minimum atomic E-state index is -0.980. The second-order valence-electron chi connectivity index (χ2n) is 6.42. The number of hydrogen-bond acceptors (Lipinski definition) is 6. The molecule has 0 aliphatic heterocycles. The van der Waals surface area contributed by atoms with Gasteiger partial charge in [0.25, 0.3) is 11.1 Å². The average molecular weight is 384 g/mol. The molecule has 2 aromatic heterocycles. The van der Waals surface area contributed by atoms with E-state index in [0.29, 0.717) is 22.3 Å². The van der Waals surface area contributed by atoms with Crippen molar-refractivity contribution >= 4 is 16.9 Å². The molecule has 0 unspecified atom stereocenters. The Hall–Kier alpha value is -3.55. The number of rotatable bonds is 5. The lowest BCUT2D eigenvalue weighted by Gasteiger charge is -2.17. The highest BCUT2D eigenvalue weighted by atomic mass is 16.5. The normalized spacial score (nSPS) is 12.0. The van der Waals surface area contributed by atoms with Gasteiger partial charge in [-0.15, -0.1) is 0 Å². The molecule has 0 spiro atoms. The Bertz CT molecular complexity index is 1160. The predicted octanol–water partition coefficient (Wildman–Crippen LogP) is 1.93. The van der Waals surface area contributed by atoms with Crippen LogP contribution in [0, 0.1) is 6.92 Å². The van der Waals surface area contributed by atoms with E-state index in [1.807, 2.05) is 0 Å². The van der Waals surface area contributed by atoms with E-state index in [-0.39, 0.29) is 23.3 Å². The first kappa shape index (κ1) is 19.2. The molecule has 28 heavy (non-hydrogen) atoms. The van der Waals surface area contributed by atoms with Crippen LogP contribution >= 0.6 is 0 Å². The van der Waals surface area contributed by atoms with Crippen molar-refractivity contribution in [3.05, 3.63) is 67.9 Å². The number of aromatic nitrogens is 2. The Morgan fingerprint density at radius 1 is 1.11 bits per heavy atom. The number of aromatic hydroxyl groups is 1. The topological polar surface area (TPSA) is 121 Å². The van der Waals surface area contributed by atoms with E-state index in [4.69, 9.17) is 9.47 Å². The van der Waals surface area contributed by atoms with Gasteiger partial charge in [0.1, 0.15) is 11.5 Å². The molecule has 3 N–H and O–H groups in total. The molecule has 1 aromatic carbocycles. The molecule has 0 bridgehead atoms. The minimum Gasteiger partial charge on any atom is -0.507 e. The van der Waals surface area contributed by atoms with Crippen LogP contribution in [0.15, 0.2) is 39.9 Å². The molecule has 0 aliphatic rings. The molecule has 3 aromatic rings. The van der Waals surface area contributed by atoms with Crippen molar-refractivity contribution < 1.29 is 19.4 Å². The van der Waals surface area contributed by atoms with Crippen LogP contribution in [0.2, 0.25) is 0 Å². The molecule has 8 nitrogen and oxygen atoms in total. The number of aryl methyl sites for hydroxylation is 1. The first-order valence-electron chi connectivity index (χ1n) is 8.54. The molecule has 2 heterocycles. The van der Waals surface area contributed by atoms with Crippen molar-refractivity contribution in [2.24, 2.45) is 0 Å². The number of nitrogens with one attached hydrogen (secondary N) is 2. The summed E-state index contributed by atoms with van der Waals surface area (Å²) >= 11 is 0. The van der Waals surface area contributed by atoms with Gasteiger partial charge in [-0.25, -0.2) is 0 Å². The summed E-state index contributed by atoms with van der Waals surface area (Å²) in [5, 5.41) is 11.0. The van der Waals surface area contributed by atoms with Crippen LogP contribution in [0.5, 0.6) is 11.5 Å². The van der Waals surface area contributed by atoms with Crippen molar-refractivity contribution in [3.63, 3.8) is 0 Å². The molecule has 0 amide bonds. The standard InChI is InChI=1S/C20H20N2O6/c1-10-6-16(23)18(20(26)21-10)13(9-17(24)28-3)14-7-11-4-5-12(27-2)8-15(11)22-19(14)25/h4-8,13H,9H2,1-3H3,(H,22,25)(H2,21,23,26)/t13-/m1/s1. The fourth-order valence-corrected chi connectivity index (χ4v) is 3.22. The third-order valence-electron chi connectivity index (χ3n) is 4.59. The summed E-state index contributed by atoms with van der Waals surface area (Å²) in [6, 6.07) is 8.13. The average Bonchev–Trinajstić information content (AvgIpc) is 2.65. The third-order valence-corrected chi connectivity index (χ3v) is 4.59. The lowest BCUT2D eigenvalue weighted by atomic mass is 9.88. The fraction of sp³-hybridized carbons (Fsp3) is 0.250. The van der Waals surface area contributed by atoms with Crippen LogP contribution in [0.4, 0.5) is 0 Å². The second kappa shape index (κ2) is 7.59. The number of carbonyl (C=O) groups excluding carboxylic acids is 1. The number of fused-ring (bicyclic) bond motifs is 1. The molecule has 0 saturated carbocycles. The van der Waals surface area contributed by atoms with Crippen LogP contribution in [0.3, 0.4) is 0 Å². The number of ether oxygens (including phenoxy) is 2. The van der Waals surface area contributed by atoms with Crippen molar-refractivity contribution in [3.8, 4) is 11.5 Å². The van der Waals surface area contributed by atoms with Crippen LogP contribution in [-0.2, 0) is 9.53 Å². The molecule has 0 saturated heterocycles. The van der Waals surface area contributed by atoms with Gasteiger partial charge in [-0.05, 0) is 36.6 Å².